The Morgan fingerprint density at radius 1 is 1.15 bits per heavy atom. The average molecular weight is 536 g/mol. The van der Waals surface area contributed by atoms with E-state index in [4.69, 9.17) is 10.5 Å². The van der Waals surface area contributed by atoms with E-state index in [2.05, 4.69) is 37.6 Å². The number of carbonyl (C=O) groups is 3. The van der Waals surface area contributed by atoms with E-state index in [1.165, 1.54) is 0 Å². The first-order chi connectivity index (χ1) is 18.4. The molecule has 1 aromatic heterocycles. The summed E-state index contributed by atoms with van der Waals surface area (Å²) in [6.07, 6.45) is 3.67. The summed E-state index contributed by atoms with van der Waals surface area (Å²) in [5, 5.41) is 7.64. The maximum absolute atomic E-state index is 12.9. The topological polar surface area (TPSA) is 119 Å². The van der Waals surface area contributed by atoms with Gasteiger partial charge in [-0.2, -0.15) is 0 Å². The van der Waals surface area contributed by atoms with Crippen LogP contribution >= 0.6 is 0 Å². The first-order valence-electron chi connectivity index (χ1n) is 13.6. The molecular formula is C30H41N5O4. The van der Waals surface area contributed by atoms with Crippen molar-refractivity contribution in [3.05, 3.63) is 40.0 Å². The number of nitrogens with two attached hydrogens (primary N) is 1. The predicted molar refractivity (Wildman–Crippen MR) is 154 cm³/mol. The van der Waals surface area contributed by atoms with E-state index in [-0.39, 0.29) is 29.6 Å². The SMILES string of the molecule is C=c1c(-c2ccc(C(N)=O)c(NC3CCC(OC(=O)NCCN(C)C)CC3)c2)c2n(c1=C)C(=O)CC(C)(C)C2. The van der Waals surface area contributed by atoms with Gasteiger partial charge >= 0.3 is 6.09 Å². The third-order valence-corrected chi connectivity index (χ3v) is 7.71. The third-order valence-electron chi connectivity index (χ3n) is 7.71. The summed E-state index contributed by atoms with van der Waals surface area (Å²) in [6.45, 7) is 13.9. The Morgan fingerprint density at radius 3 is 2.49 bits per heavy atom. The van der Waals surface area contributed by atoms with Gasteiger partial charge in [0.25, 0.3) is 5.91 Å². The highest BCUT2D eigenvalue weighted by Gasteiger charge is 2.34. The summed E-state index contributed by atoms with van der Waals surface area (Å²) in [5.41, 5.74) is 9.27. The maximum Gasteiger partial charge on any atom is 0.407 e. The molecule has 0 saturated heterocycles. The van der Waals surface area contributed by atoms with E-state index in [0.717, 1.165) is 60.7 Å². The van der Waals surface area contributed by atoms with Crippen molar-refractivity contribution >= 4 is 36.8 Å². The molecule has 9 nitrogen and oxygen atoms in total. The fourth-order valence-corrected chi connectivity index (χ4v) is 5.70. The van der Waals surface area contributed by atoms with E-state index in [0.29, 0.717) is 29.6 Å². The lowest BCUT2D eigenvalue weighted by atomic mass is 9.80. The molecular weight excluding hydrogens is 494 g/mol. The summed E-state index contributed by atoms with van der Waals surface area (Å²) in [7, 11) is 3.90. The first-order valence-corrected chi connectivity index (χ1v) is 13.6. The highest BCUT2D eigenvalue weighted by Crippen LogP contribution is 2.36. The molecule has 1 aliphatic heterocycles. The average Bonchev–Trinajstić information content (AvgIpc) is 3.08. The minimum Gasteiger partial charge on any atom is -0.446 e. The molecule has 1 aliphatic carbocycles. The number of likely N-dealkylation sites (N-methyl/N-ethyl adjacent to an activating group) is 1. The molecule has 4 rings (SSSR count). The zero-order valence-electron chi connectivity index (χ0n) is 23.6. The zero-order valence-corrected chi connectivity index (χ0v) is 23.6. The Hall–Kier alpha value is -3.59. The summed E-state index contributed by atoms with van der Waals surface area (Å²) < 4.78 is 7.30. The molecule has 1 aromatic carbocycles. The number of nitrogens with zero attached hydrogens (tertiary/aromatic N) is 2. The van der Waals surface area contributed by atoms with Gasteiger partial charge in [0.05, 0.1) is 5.56 Å². The lowest BCUT2D eigenvalue weighted by Crippen LogP contribution is -2.38. The minimum atomic E-state index is -0.515. The van der Waals surface area contributed by atoms with Gasteiger partial charge in [0.15, 0.2) is 0 Å². The number of nitrogens with one attached hydrogen (secondary N) is 2. The number of fused-ring (bicyclic) bond motifs is 1. The standard InChI is InChI=1S/C30H41N5O4/c1-18-19(2)35-25(16-30(3,4)17-26(35)36)27(18)20-7-12-23(28(31)37)24(15-20)33-21-8-10-22(11-9-21)39-29(38)32-13-14-34(5)6/h7,12,15,21-22,33H,1-2,8-11,13-14,16-17H2,3-6H3,(H2,31,37)(H,32,38). The zero-order chi connectivity index (χ0) is 28.5. The molecule has 2 aromatic rings. The van der Waals surface area contributed by atoms with Gasteiger partial charge in [0, 0.05) is 53.1 Å². The van der Waals surface area contributed by atoms with Crippen molar-refractivity contribution in [3.8, 4) is 11.1 Å². The van der Waals surface area contributed by atoms with Crippen molar-refractivity contribution in [2.75, 3.05) is 32.5 Å². The summed E-state index contributed by atoms with van der Waals surface area (Å²) in [4.78, 5) is 39.3. The van der Waals surface area contributed by atoms with E-state index >= 15 is 0 Å². The molecule has 2 amide bonds. The molecule has 2 heterocycles. The van der Waals surface area contributed by atoms with Crippen LogP contribution in [0.4, 0.5) is 10.5 Å². The number of carbonyl (C=O) groups excluding carboxylic acids is 3. The van der Waals surface area contributed by atoms with Crippen molar-refractivity contribution in [2.45, 2.75) is 64.5 Å². The summed E-state index contributed by atoms with van der Waals surface area (Å²) >= 11 is 0. The van der Waals surface area contributed by atoms with Crippen LogP contribution in [0.5, 0.6) is 0 Å². The van der Waals surface area contributed by atoms with Crippen LogP contribution in [0.25, 0.3) is 24.3 Å². The smallest absolute Gasteiger partial charge is 0.407 e. The minimum absolute atomic E-state index is 0.0277. The van der Waals surface area contributed by atoms with Gasteiger partial charge in [-0.1, -0.05) is 33.1 Å². The second-order valence-electron chi connectivity index (χ2n) is 11.9. The van der Waals surface area contributed by atoms with E-state index in [1.807, 2.05) is 31.1 Å². The van der Waals surface area contributed by atoms with E-state index in [1.54, 1.807) is 10.6 Å². The second kappa shape index (κ2) is 11.3. The summed E-state index contributed by atoms with van der Waals surface area (Å²) in [5.74, 6) is -0.488. The number of rotatable bonds is 8. The van der Waals surface area contributed by atoms with Crippen molar-refractivity contribution in [3.63, 3.8) is 0 Å². The van der Waals surface area contributed by atoms with Crippen LogP contribution in [-0.2, 0) is 11.2 Å². The number of primary amides is 1. The Bertz CT molecular complexity index is 1370. The van der Waals surface area contributed by atoms with Crippen molar-refractivity contribution in [1.29, 1.82) is 0 Å². The van der Waals surface area contributed by atoms with Gasteiger partial charge in [-0.05, 0) is 69.3 Å². The molecule has 0 bridgehead atoms. The molecule has 9 heteroatoms. The van der Waals surface area contributed by atoms with Crippen molar-refractivity contribution in [2.24, 2.45) is 11.1 Å². The highest BCUT2D eigenvalue weighted by molar-refractivity contribution is 5.99. The highest BCUT2D eigenvalue weighted by atomic mass is 16.6. The lowest BCUT2D eigenvalue weighted by Gasteiger charge is -2.31. The first kappa shape index (κ1) is 28.4. The lowest BCUT2D eigenvalue weighted by molar-refractivity contribution is 0.0728. The monoisotopic (exact) mass is 535 g/mol. The van der Waals surface area contributed by atoms with Crippen LogP contribution in [0.3, 0.4) is 0 Å². The van der Waals surface area contributed by atoms with Gasteiger partial charge in [0.2, 0.25) is 5.91 Å². The number of amides is 2. The number of benzene rings is 1. The Labute approximate surface area is 230 Å². The third kappa shape index (κ3) is 6.36. The van der Waals surface area contributed by atoms with Crippen LogP contribution in [0.1, 0.15) is 66.8 Å². The van der Waals surface area contributed by atoms with Crippen molar-refractivity contribution < 1.29 is 19.1 Å². The molecule has 210 valence electrons. The van der Waals surface area contributed by atoms with Gasteiger partial charge in [-0.25, -0.2) is 4.79 Å². The number of ether oxygens (including phenoxy) is 1. The van der Waals surface area contributed by atoms with Crippen molar-refractivity contribution in [1.82, 2.24) is 14.8 Å². The second-order valence-corrected chi connectivity index (χ2v) is 11.9. The molecule has 0 spiro atoms. The van der Waals surface area contributed by atoms with Crippen LogP contribution in [0.2, 0.25) is 0 Å². The van der Waals surface area contributed by atoms with Gasteiger partial charge in [-0.15, -0.1) is 0 Å². The number of hydrogen-bond donors (Lipinski definition) is 3. The van der Waals surface area contributed by atoms with E-state index < -0.39 is 5.91 Å². The van der Waals surface area contributed by atoms with E-state index in [9.17, 15) is 14.4 Å². The van der Waals surface area contributed by atoms with Gasteiger partial charge in [-0.3, -0.25) is 14.2 Å². The predicted octanol–water partition coefficient (Wildman–Crippen LogP) is 2.70. The molecule has 0 atom stereocenters. The molecule has 2 aliphatic rings. The number of hydrogen-bond acceptors (Lipinski definition) is 6. The van der Waals surface area contributed by atoms with Gasteiger partial charge in [0.1, 0.15) is 6.10 Å². The Balaban J connectivity index is 1.51. The molecule has 1 saturated carbocycles. The van der Waals surface area contributed by atoms with Gasteiger partial charge < -0.3 is 26.0 Å². The molecule has 1 fully saturated rings. The number of anilines is 1. The molecule has 0 unspecified atom stereocenters. The molecule has 0 radical (unpaired) electrons. The summed E-state index contributed by atoms with van der Waals surface area (Å²) in [6, 6.07) is 5.62. The number of alkyl carbamates (subject to hydrolysis) is 1. The number of aromatic nitrogens is 1. The molecule has 39 heavy (non-hydrogen) atoms. The van der Waals surface area contributed by atoms with Crippen LogP contribution in [-0.4, -0.2) is 66.7 Å². The normalized spacial score (nSPS) is 20.4. The Kier molecular flexibility index (Phi) is 8.20. The van der Waals surface area contributed by atoms with Crippen LogP contribution in [0.15, 0.2) is 18.2 Å². The fourth-order valence-electron chi connectivity index (χ4n) is 5.70. The fraction of sp³-hybridized carbons (Fsp3) is 0.500. The van der Waals surface area contributed by atoms with Crippen LogP contribution in [0, 0.1) is 5.41 Å². The Morgan fingerprint density at radius 2 is 1.85 bits per heavy atom. The quantitative estimate of drug-likeness (QED) is 0.478. The largest absolute Gasteiger partial charge is 0.446 e. The van der Waals surface area contributed by atoms with Crippen LogP contribution < -0.4 is 26.9 Å². The maximum atomic E-state index is 12.9. The molecule has 4 N–H and O–H groups in total.